The van der Waals surface area contributed by atoms with Crippen LogP contribution < -0.4 is 5.32 Å². The number of hydrogen-bond donors (Lipinski definition) is 1. The number of nitrogens with one attached hydrogen (secondary N) is 1. The normalized spacial score (nSPS) is 9.05. The van der Waals surface area contributed by atoms with Gasteiger partial charge in [-0.05, 0) is 24.3 Å². The first-order chi connectivity index (χ1) is 9.34. The summed E-state index contributed by atoms with van der Waals surface area (Å²) in [5.74, 6) is 0. The van der Waals surface area contributed by atoms with Crippen molar-refractivity contribution in [3.8, 4) is 0 Å². The molecule has 1 N–H and O–H groups in total. The Morgan fingerprint density at radius 3 is 2.10 bits per heavy atom. The molecule has 0 amide bonds. The second-order valence-electron chi connectivity index (χ2n) is 4.12. The summed E-state index contributed by atoms with van der Waals surface area (Å²) in [7, 11) is 0. The minimum Gasteiger partial charge on any atom is -0.383 e. The third kappa shape index (κ3) is 6.12. The van der Waals surface area contributed by atoms with Crippen LogP contribution >= 0.6 is 11.6 Å². The predicted octanol–water partition coefficient (Wildman–Crippen LogP) is 5.07. The first-order valence-electron chi connectivity index (χ1n) is 6.21. The van der Waals surface area contributed by atoms with E-state index in [0.717, 1.165) is 17.3 Å². The molecule has 0 radical (unpaired) electrons. The molecular formula is C17H16ClFeN. The molecule has 3 rings (SSSR count). The summed E-state index contributed by atoms with van der Waals surface area (Å²) in [6.07, 6.45) is 0. The van der Waals surface area contributed by atoms with E-state index in [1.807, 2.05) is 66.7 Å². The van der Waals surface area contributed by atoms with Crippen molar-refractivity contribution >= 4 is 17.3 Å². The van der Waals surface area contributed by atoms with Crippen molar-refractivity contribution in [1.82, 2.24) is 0 Å². The summed E-state index contributed by atoms with van der Waals surface area (Å²) in [6.45, 7) is 0.856. The van der Waals surface area contributed by atoms with Crippen LogP contribution in [0, 0.1) is 0 Å². The average molecular weight is 326 g/mol. The summed E-state index contributed by atoms with van der Waals surface area (Å²) in [5.41, 5.74) is 2.38. The van der Waals surface area contributed by atoms with Gasteiger partial charge < -0.3 is 5.32 Å². The third-order valence-electron chi connectivity index (χ3n) is 2.63. The predicted molar refractivity (Wildman–Crippen MR) is 82.8 cm³/mol. The van der Waals surface area contributed by atoms with Gasteiger partial charge in [-0.15, -0.1) is 5.56 Å². The van der Waals surface area contributed by atoms with E-state index in [4.69, 9.17) is 11.6 Å². The molecule has 0 aliphatic heterocycles. The van der Waals surface area contributed by atoms with Crippen LogP contribution in [0.5, 0.6) is 0 Å². The molecule has 3 aromatic carbocycles. The van der Waals surface area contributed by atoms with E-state index >= 15 is 0 Å². The van der Waals surface area contributed by atoms with E-state index < -0.39 is 0 Å². The van der Waals surface area contributed by atoms with Gasteiger partial charge in [0.2, 0.25) is 0 Å². The Morgan fingerprint density at radius 2 is 1.60 bits per heavy atom. The number of anilines is 1. The molecule has 0 spiro atoms. The Hall–Kier alpha value is -1.47. The SMILES string of the molecule is Clc1ccc(NCc2ccc[cH-]2)cc1.[Fe+2].c1cc[cH-]c1. The van der Waals surface area contributed by atoms with Crippen LogP contribution in [0.4, 0.5) is 5.69 Å². The minimum absolute atomic E-state index is 0. The molecule has 0 saturated carbocycles. The van der Waals surface area contributed by atoms with Gasteiger partial charge in [0, 0.05) is 17.3 Å². The fourth-order valence-corrected chi connectivity index (χ4v) is 1.75. The van der Waals surface area contributed by atoms with Crippen LogP contribution in [0.15, 0.2) is 78.9 Å². The molecule has 0 aliphatic carbocycles. The molecule has 104 valence electrons. The van der Waals surface area contributed by atoms with Gasteiger partial charge in [-0.2, -0.15) is 30.3 Å². The van der Waals surface area contributed by atoms with Crippen LogP contribution in [-0.4, -0.2) is 0 Å². The van der Waals surface area contributed by atoms with E-state index in [-0.39, 0.29) is 17.1 Å². The average Bonchev–Trinajstić information content (AvgIpc) is 3.14. The molecule has 3 heteroatoms. The van der Waals surface area contributed by atoms with Gasteiger partial charge in [-0.25, -0.2) is 24.3 Å². The molecule has 1 nitrogen and oxygen atoms in total. The maximum absolute atomic E-state index is 5.78. The van der Waals surface area contributed by atoms with Crippen molar-refractivity contribution in [1.29, 1.82) is 0 Å². The van der Waals surface area contributed by atoms with Gasteiger partial charge in [0.25, 0.3) is 0 Å². The van der Waals surface area contributed by atoms with Crippen LogP contribution in [-0.2, 0) is 23.6 Å². The van der Waals surface area contributed by atoms with Crippen molar-refractivity contribution < 1.29 is 17.1 Å². The van der Waals surface area contributed by atoms with Crippen LogP contribution in [0.3, 0.4) is 0 Å². The molecule has 0 aromatic heterocycles. The minimum atomic E-state index is 0. The zero-order valence-corrected chi connectivity index (χ0v) is 12.8. The van der Waals surface area contributed by atoms with Gasteiger partial charge in [-0.3, -0.25) is 0 Å². The van der Waals surface area contributed by atoms with E-state index in [9.17, 15) is 0 Å². The number of halogens is 1. The third-order valence-corrected chi connectivity index (χ3v) is 2.88. The standard InChI is InChI=1S/C12H11ClN.C5H5.Fe/c13-11-5-7-12(8-6-11)14-9-10-3-1-2-4-10;1-2-4-5-3-1;/h1-8,14H,9H2;1-5H;/q2*-1;+2. The monoisotopic (exact) mass is 325 g/mol. The molecule has 0 heterocycles. The largest absolute Gasteiger partial charge is 2.00 e. The zero-order chi connectivity index (χ0) is 13.3. The maximum Gasteiger partial charge on any atom is 2.00 e. The summed E-state index contributed by atoms with van der Waals surface area (Å²) < 4.78 is 0. The molecule has 0 unspecified atom stereocenters. The molecule has 0 bridgehead atoms. The van der Waals surface area contributed by atoms with Crippen molar-refractivity contribution in [2.75, 3.05) is 5.32 Å². The Morgan fingerprint density at radius 1 is 0.900 bits per heavy atom. The van der Waals surface area contributed by atoms with E-state index in [1.165, 1.54) is 5.56 Å². The summed E-state index contributed by atoms with van der Waals surface area (Å²) in [4.78, 5) is 0. The quantitative estimate of drug-likeness (QED) is 0.523. The van der Waals surface area contributed by atoms with E-state index in [2.05, 4.69) is 17.4 Å². The molecule has 0 saturated heterocycles. The molecule has 3 aromatic rings. The topological polar surface area (TPSA) is 12.0 Å². The summed E-state index contributed by atoms with van der Waals surface area (Å²) in [5, 5.41) is 4.08. The smallest absolute Gasteiger partial charge is 0.383 e. The molecule has 20 heavy (non-hydrogen) atoms. The van der Waals surface area contributed by atoms with Crippen molar-refractivity contribution in [2.45, 2.75) is 6.54 Å². The van der Waals surface area contributed by atoms with Gasteiger partial charge in [0.15, 0.2) is 0 Å². The van der Waals surface area contributed by atoms with Gasteiger partial charge in [0.1, 0.15) is 0 Å². The second-order valence-corrected chi connectivity index (χ2v) is 4.55. The van der Waals surface area contributed by atoms with E-state index in [0.29, 0.717) is 0 Å². The number of benzene rings is 1. The van der Waals surface area contributed by atoms with Crippen molar-refractivity contribution in [3.63, 3.8) is 0 Å². The van der Waals surface area contributed by atoms with Gasteiger partial charge in [0.05, 0.1) is 0 Å². The summed E-state index contributed by atoms with van der Waals surface area (Å²) in [6, 6.07) is 26.0. The summed E-state index contributed by atoms with van der Waals surface area (Å²) >= 11 is 5.78. The van der Waals surface area contributed by atoms with Crippen LogP contribution in [0.25, 0.3) is 0 Å². The van der Waals surface area contributed by atoms with E-state index in [1.54, 1.807) is 0 Å². The molecule has 0 atom stereocenters. The first kappa shape index (κ1) is 16.6. The Kier molecular flexibility index (Phi) is 7.82. The fraction of sp³-hybridized carbons (Fsp3) is 0.0588. The van der Waals surface area contributed by atoms with Crippen LogP contribution in [0.1, 0.15) is 5.56 Å². The van der Waals surface area contributed by atoms with Gasteiger partial charge >= 0.3 is 17.1 Å². The van der Waals surface area contributed by atoms with Crippen LogP contribution in [0.2, 0.25) is 5.02 Å². The van der Waals surface area contributed by atoms with Gasteiger partial charge in [-0.1, -0.05) is 11.6 Å². The Labute approximate surface area is 135 Å². The molecular weight excluding hydrogens is 309 g/mol. The number of hydrogen-bond acceptors (Lipinski definition) is 1. The fourth-order valence-electron chi connectivity index (χ4n) is 1.62. The second kappa shape index (κ2) is 9.44. The number of rotatable bonds is 3. The zero-order valence-electron chi connectivity index (χ0n) is 10.9. The van der Waals surface area contributed by atoms with Crippen molar-refractivity contribution in [3.05, 3.63) is 89.4 Å². The Balaban J connectivity index is 0.000000283. The first-order valence-corrected chi connectivity index (χ1v) is 6.59. The van der Waals surface area contributed by atoms with Crippen molar-refractivity contribution in [2.24, 2.45) is 0 Å². The molecule has 0 aliphatic rings. The molecule has 0 fully saturated rings. The Bertz CT molecular complexity index is 524. The maximum atomic E-state index is 5.78.